The van der Waals surface area contributed by atoms with Crippen molar-refractivity contribution in [1.29, 1.82) is 0 Å². The van der Waals surface area contributed by atoms with E-state index in [9.17, 15) is 4.79 Å². The standard InChI is InChI=1S/C12H9ClN2O2/c1-15-10-6(3-2-4-8(10)13)7-5-9(12(16)17)14-11(7)15/h2-5,14H,1H3,(H,16,17). The molecule has 5 heteroatoms. The molecule has 86 valence electrons. The van der Waals surface area contributed by atoms with Crippen molar-refractivity contribution in [1.82, 2.24) is 9.55 Å². The van der Waals surface area contributed by atoms with Gasteiger partial charge >= 0.3 is 5.97 Å². The van der Waals surface area contributed by atoms with Crippen LogP contribution in [0.1, 0.15) is 10.5 Å². The predicted molar refractivity (Wildman–Crippen MR) is 66.7 cm³/mol. The fraction of sp³-hybridized carbons (Fsp3) is 0.0833. The number of nitrogens with zero attached hydrogens (tertiary/aromatic N) is 1. The van der Waals surface area contributed by atoms with E-state index >= 15 is 0 Å². The molecular formula is C12H9ClN2O2. The number of hydrogen-bond acceptors (Lipinski definition) is 1. The van der Waals surface area contributed by atoms with Crippen LogP contribution in [0.2, 0.25) is 5.02 Å². The summed E-state index contributed by atoms with van der Waals surface area (Å²) in [6, 6.07) is 7.25. The lowest BCUT2D eigenvalue weighted by molar-refractivity contribution is 0.0691. The first-order valence-electron chi connectivity index (χ1n) is 5.08. The van der Waals surface area contributed by atoms with E-state index in [1.807, 2.05) is 29.8 Å². The van der Waals surface area contributed by atoms with Gasteiger partial charge in [-0.25, -0.2) is 4.79 Å². The Balaban J connectivity index is 2.51. The molecule has 0 spiro atoms. The van der Waals surface area contributed by atoms with Gasteiger partial charge in [-0.2, -0.15) is 0 Å². The van der Waals surface area contributed by atoms with Crippen LogP contribution < -0.4 is 0 Å². The van der Waals surface area contributed by atoms with Gasteiger partial charge in [-0.3, -0.25) is 0 Å². The SMILES string of the molecule is Cn1c2[nH]c(C(=O)O)cc2c2cccc(Cl)c21. The van der Waals surface area contributed by atoms with E-state index in [0.717, 1.165) is 21.9 Å². The normalized spacial score (nSPS) is 11.4. The first kappa shape index (κ1) is 10.2. The van der Waals surface area contributed by atoms with Gasteiger partial charge < -0.3 is 14.7 Å². The lowest BCUT2D eigenvalue weighted by atomic mass is 10.2. The summed E-state index contributed by atoms with van der Waals surface area (Å²) in [5.74, 6) is -0.962. The summed E-state index contributed by atoms with van der Waals surface area (Å²) in [6.45, 7) is 0. The van der Waals surface area contributed by atoms with E-state index in [4.69, 9.17) is 16.7 Å². The molecular weight excluding hydrogens is 240 g/mol. The number of benzene rings is 1. The second-order valence-corrected chi connectivity index (χ2v) is 4.35. The third kappa shape index (κ3) is 1.27. The number of aromatic carboxylic acids is 1. The molecule has 0 radical (unpaired) electrons. The van der Waals surface area contributed by atoms with Crippen LogP contribution in [0, 0.1) is 0 Å². The fourth-order valence-electron chi connectivity index (χ4n) is 2.21. The molecule has 0 bridgehead atoms. The molecule has 2 heterocycles. The van der Waals surface area contributed by atoms with Crippen molar-refractivity contribution in [3.8, 4) is 0 Å². The summed E-state index contributed by atoms with van der Waals surface area (Å²) < 4.78 is 1.87. The Labute approximate surface area is 101 Å². The maximum absolute atomic E-state index is 10.9. The van der Waals surface area contributed by atoms with E-state index in [2.05, 4.69) is 4.98 Å². The molecule has 4 nitrogen and oxygen atoms in total. The fourth-order valence-corrected chi connectivity index (χ4v) is 2.52. The minimum atomic E-state index is -0.962. The van der Waals surface area contributed by atoms with E-state index in [1.165, 1.54) is 0 Å². The highest BCUT2D eigenvalue weighted by Gasteiger charge is 2.15. The highest BCUT2D eigenvalue weighted by Crippen LogP contribution is 2.32. The number of para-hydroxylation sites is 1. The number of fused-ring (bicyclic) bond motifs is 3. The second kappa shape index (κ2) is 3.28. The van der Waals surface area contributed by atoms with Crippen molar-refractivity contribution in [2.75, 3.05) is 0 Å². The van der Waals surface area contributed by atoms with Gasteiger partial charge in [0.25, 0.3) is 0 Å². The molecule has 0 saturated heterocycles. The van der Waals surface area contributed by atoms with Crippen molar-refractivity contribution in [2.24, 2.45) is 7.05 Å². The molecule has 0 amide bonds. The summed E-state index contributed by atoms with van der Waals surface area (Å²) in [6.07, 6.45) is 0. The van der Waals surface area contributed by atoms with Gasteiger partial charge in [0.1, 0.15) is 11.3 Å². The first-order valence-corrected chi connectivity index (χ1v) is 5.46. The zero-order valence-corrected chi connectivity index (χ0v) is 9.75. The van der Waals surface area contributed by atoms with Gasteiger partial charge in [0.2, 0.25) is 0 Å². The number of carboxylic acids is 1. The van der Waals surface area contributed by atoms with Crippen LogP contribution in [0.25, 0.3) is 21.9 Å². The molecule has 0 aliphatic rings. The monoisotopic (exact) mass is 248 g/mol. The van der Waals surface area contributed by atoms with Crippen molar-refractivity contribution >= 4 is 39.5 Å². The van der Waals surface area contributed by atoms with Crippen LogP contribution in [-0.4, -0.2) is 20.6 Å². The maximum atomic E-state index is 10.9. The number of halogens is 1. The number of H-pyrrole nitrogens is 1. The Morgan fingerprint density at radius 2 is 2.18 bits per heavy atom. The molecule has 3 rings (SSSR count). The molecule has 17 heavy (non-hydrogen) atoms. The van der Waals surface area contributed by atoms with Crippen LogP contribution in [0.15, 0.2) is 24.3 Å². The zero-order valence-electron chi connectivity index (χ0n) is 8.99. The van der Waals surface area contributed by atoms with Crippen LogP contribution in [0.5, 0.6) is 0 Å². The minimum absolute atomic E-state index is 0.187. The number of hydrogen-bond donors (Lipinski definition) is 2. The van der Waals surface area contributed by atoms with E-state index in [0.29, 0.717) is 5.02 Å². The van der Waals surface area contributed by atoms with Gasteiger partial charge in [0, 0.05) is 17.8 Å². The van der Waals surface area contributed by atoms with E-state index < -0.39 is 5.97 Å². The van der Waals surface area contributed by atoms with Crippen molar-refractivity contribution in [2.45, 2.75) is 0 Å². The Morgan fingerprint density at radius 3 is 2.88 bits per heavy atom. The Kier molecular flexibility index (Phi) is 1.97. The highest BCUT2D eigenvalue weighted by molar-refractivity contribution is 6.36. The number of rotatable bonds is 1. The molecule has 1 aromatic carbocycles. The zero-order chi connectivity index (χ0) is 12.2. The quantitative estimate of drug-likeness (QED) is 0.695. The first-order chi connectivity index (χ1) is 8.09. The van der Waals surface area contributed by atoms with Crippen molar-refractivity contribution in [3.63, 3.8) is 0 Å². The van der Waals surface area contributed by atoms with Gasteiger partial charge in [0.05, 0.1) is 10.5 Å². The largest absolute Gasteiger partial charge is 0.477 e. The summed E-state index contributed by atoms with van der Waals surface area (Å²) in [4.78, 5) is 13.8. The summed E-state index contributed by atoms with van der Waals surface area (Å²) in [5, 5.41) is 11.4. The van der Waals surface area contributed by atoms with Gasteiger partial charge in [-0.05, 0) is 12.1 Å². The number of aryl methyl sites for hydroxylation is 1. The van der Waals surface area contributed by atoms with Crippen LogP contribution in [0.4, 0.5) is 0 Å². The highest BCUT2D eigenvalue weighted by atomic mass is 35.5. The smallest absolute Gasteiger partial charge is 0.352 e. The topological polar surface area (TPSA) is 58.0 Å². The molecule has 0 aliphatic carbocycles. The van der Waals surface area contributed by atoms with Gasteiger partial charge in [-0.1, -0.05) is 23.7 Å². The minimum Gasteiger partial charge on any atom is -0.477 e. The van der Waals surface area contributed by atoms with E-state index in [1.54, 1.807) is 6.07 Å². The number of aromatic amines is 1. The molecule has 2 N–H and O–H groups in total. The Hall–Kier alpha value is -1.94. The number of carboxylic acid groups (broad SMARTS) is 1. The summed E-state index contributed by atoms with van der Waals surface area (Å²) in [7, 11) is 1.86. The molecule has 0 saturated carbocycles. The van der Waals surface area contributed by atoms with Crippen molar-refractivity contribution in [3.05, 3.63) is 35.0 Å². The van der Waals surface area contributed by atoms with Crippen molar-refractivity contribution < 1.29 is 9.90 Å². The molecule has 0 unspecified atom stereocenters. The third-order valence-corrected chi connectivity index (χ3v) is 3.28. The van der Waals surface area contributed by atoms with Crippen LogP contribution in [-0.2, 0) is 7.05 Å². The average Bonchev–Trinajstić information content (AvgIpc) is 2.81. The number of nitrogens with one attached hydrogen (secondary N) is 1. The molecule has 0 fully saturated rings. The Bertz CT molecular complexity index is 755. The van der Waals surface area contributed by atoms with E-state index in [-0.39, 0.29) is 5.69 Å². The molecule has 0 atom stereocenters. The predicted octanol–water partition coefficient (Wildman–Crippen LogP) is 3.01. The number of carbonyl (C=O) groups is 1. The maximum Gasteiger partial charge on any atom is 0.352 e. The molecule has 0 aliphatic heterocycles. The van der Waals surface area contributed by atoms with Crippen LogP contribution >= 0.6 is 11.6 Å². The summed E-state index contributed by atoms with van der Waals surface area (Å²) in [5.41, 5.74) is 1.87. The van der Waals surface area contributed by atoms with Crippen LogP contribution in [0.3, 0.4) is 0 Å². The lowest BCUT2D eigenvalue weighted by Crippen LogP contribution is -1.97. The second-order valence-electron chi connectivity index (χ2n) is 3.95. The van der Waals surface area contributed by atoms with Gasteiger partial charge in [-0.15, -0.1) is 0 Å². The molecule has 2 aromatic heterocycles. The lowest BCUT2D eigenvalue weighted by Gasteiger charge is -1.99. The summed E-state index contributed by atoms with van der Waals surface area (Å²) >= 11 is 6.14. The molecule has 3 aromatic rings. The Morgan fingerprint density at radius 1 is 1.41 bits per heavy atom. The van der Waals surface area contributed by atoms with Gasteiger partial charge in [0.15, 0.2) is 0 Å². The third-order valence-electron chi connectivity index (χ3n) is 2.98. The number of aromatic nitrogens is 2. The average molecular weight is 249 g/mol.